The van der Waals surface area contributed by atoms with Gasteiger partial charge in [-0.2, -0.15) is 0 Å². The molecule has 1 amide bonds. The van der Waals surface area contributed by atoms with Crippen LogP contribution in [0.1, 0.15) is 28.8 Å². The topological polar surface area (TPSA) is 59.1 Å². The largest absolute Gasteiger partial charge is 0.465 e. The van der Waals surface area contributed by atoms with Crippen LogP contribution in [-0.4, -0.2) is 49.8 Å². The van der Waals surface area contributed by atoms with Gasteiger partial charge < -0.3 is 9.47 Å². The van der Waals surface area contributed by atoms with Gasteiger partial charge in [0.15, 0.2) is 11.6 Å². The van der Waals surface area contributed by atoms with Crippen molar-refractivity contribution in [2.45, 2.75) is 25.5 Å². The van der Waals surface area contributed by atoms with Crippen molar-refractivity contribution in [1.82, 2.24) is 4.90 Å². The van der Waals surface area contributed by atoms with Crippen LogP contribution >= 0.6 is 0 Å². The van der Waals surface area contributed by atoms with Crippen molar-refractivity contribution in [2.24, 2.45) is 5.92 Å². The molecule has 3 aliphatic heterocycles. The molecule has 164 valence electrons. The number of anilines is 1. The molecule has 3 fully saturated rings. The third kappa shape index (κ3) is 4.54. The highest BCUT2D eigenvalue weighted by Gasteiger charge is 2.37. The molecule has 5 rings (SSSR count). The highest BCUT2D eigenvalue weighted by Crippen LogP contribution is 2.31. The van der Waals surface area contributed by atoms with Gasteiger partial charge in [0.05, 0.1) is 24.9 Å². The van der Waals surface area contributed by atoms with E-state index in [-0.39, 0.29) is 24.3 Å². The minimum atomic E-state index is -1.13. The number of carbonyl (C=O) groups is 2. The number of fused-ring (bicyclic) bond motifs is 3. The molecule has 3 heterocycles. The summed E-state index contributed by atoms with van der Waals surface area (Å²) in [6, 6.07) is 10.1. The first-order valence-electron chi connectivity index (χ1n) is 10.3. The van der Waals surface area contributed by atoms with Crippen LogP contribution in [0.3, 0.4) is 0 Å². The van der Waals surface area contributed by atoms with Crippen LogP contribution in [0.25, 0.3) is 0 Å². The number of hydrogen-bond acceptors (Lipinski definition) is 5. The van der Waals surface area contributed by atoms with E-state index in [9.17, 15) is 18.4 Å². The fourth-order valence-electron chi connectivity index (χ4n) is 4.28. The van der Waals surface area contributed by atoms with E-state index in [2.05, 4.69) is 4.90 Å². The summed E-state index contributed by atoms with van der Waals surface area (Å²) in [7, 11) is 1.27. The molecule has 2 bridgehead atoms. The molecule has 0 spiro atoms. The average molecular weight is 430 g/mol. The number of benzene rings is 2. The van der Waals surface area contributed by atoms with Gasteiger partial charge in [-0.05, 0) is 61.7 Å². The lowest BCUT2D eigenvalue weighted by Gasteiger charge is -2.44. The SMILES string of the molecule is COC(=O)c1cccc(CN(C(=O)O[C@H]2CN3CCC2CC3)c2cccc(F)c2F)c1. The molecule has 3 saturated heterocycles. The summed E-state index contributed by atoms with van der Waals surface area (Å²) in [5, 5.41) is 0. The zero-order valence-electron chi connectivity index (χ0n) is 17.2. The summed E-state index contributed by atoms with van der Waals surface area (Å²) in [6.45, 7) is 2.53. The molecule has 0 aliphatic carbocycles. The zero-order chi connectivity index (χ0) is 22.0. The van der Waals surface area contributed by atoms with Gasteiger partial charge in [0.1, 0.15) is 6.10 Å². The Kier molecular flexibility index (Phi) is 6.18. The number of ether oxygens (including phenoxy) is 2. The second-order valence-electron chi connectivity index (χ2n) is 7.91. The molecule has 6 nitrogen and oxygen atoms in total. The Morgan fingerprint density at radius 1 is 1.13 bits per heavy atom. The van der Waals surface area contributed by atoms with E-state index in [1.54, 1.807) is 24.3 Å². The van der Waals surface area contributed by atoms with Crippen LogP contribution in [0.15, 0.2) is 42.5 Å². The molecule has 2 aromatic carbocycles. The Morgan fingerprint density at radius 3 is 2.55 bits per heavy atom. The molecule has 0 aromatic heterocycles. The van der Waals surface area contributed by atoms with E-state index in [1.807, 2.05) is 0 Å². The predicted octanol–water partition coefficient (Wildman–Crippen LogP) is 3.99. The number of piperidine rings is 3. The quantitative estimate of drug-likeness (QED) is 0.672. The van der Waals surface area contributed by atoms with Crippen LogP contribution in [-0.2, 0) is 16.0 Å². The first-order valence-corrected chi connectivity index (χ1v) is 10.3. The Balaban J connectivity index is 1.61. The van der Waals surface area contributed by atoms with Gasteiger partial charge in [-0.3, -0.25) is 9.80 Å². The highest BCUT2D eigenvalue weighted by molar-refractivity contribution is 5.90. The molecule has 2 aromatic rings. The standard InChI is InChI=1S/C23H24F2N2O4/c1-30-22(28)17-5-2-4-15(12-17)13-27(19-7-3-6-18(24)21(19)25)23(29)31-20-14-26-10-8-16(20)9-11-26/h2-7,12,16,20H,8-11,13-14H2,1H3/t20-/m0/s1. The minimum Gasteiger partial charge on any atom is -0.465 e. The Labute approximate surface area is 179 Å². The maximum atomic E-state index is 14.6. The van der Waals surface area contributed by atoms with E-state index in [1.165, 1.54) is 19.2 Å². The minimum absolute atomic E-state index is 0.0921. The van der Waals surface area contributed by atoms with Crippen LogP contribution in [0.2, 0.25) is 0 Å². The van der Waals surface area contributed by atoms with Crippen molar-refractivity contribution in [2.75, 3.05) is 31.6 Å². The third-order valence-electron chi connectivity index (χ3n) is 5.98. The first kappa shape index (κ1) is 21.2. The summed E-state index contributed by atoms with van der Waals surface area (Å²) >= 11 is 0. The Bertz CT molecular complexity index is 976. The summed E-state index contributed by atoms with van der Waals surface area (Å²) in [4.78, 5) is 28.3. The van der Waals surface area contributed by atoms with Crippen molar-refractivity contribution < 1.29 is 27.8 Å². The van der Waals surface area contributed by atoms with Gasteiger partial charge >= 0.3 is 12.1 Å². The second kappa shape index (κ2) is 9.01. The molecule has 1 atom stereocenters. The lowest BCUT2D eigenvalue weighted by atomic mass is 9.86. The summed E-state index contributed by atoms with van der Waals surface area (Å²) < 4.78 is 39.0. The van der Waals surface area contributed by atoms with E-state index in [0.717, 1.165) is 36.9 Å². The molecule has 0 radical (unpaired) electrons. The van der Waals surface area contributed by atoms with E-state index < -0.39 is 23.7 Å². The van der Waals surface area contributed by atoms with Gasteiger partial charge in [-0.25, -0.2) is 18.4 Å². The van der Waals surface area contributed by atoms with E-state index in [4.69, 9.17) is 9.47 Å². The van der Waals surface area contributed by atoms with Crippen LogP contribution in [0, 0.1) is 17.6 Å². The van der Waals surface area contributed by atoms with Crippen molar-refractivity contribution in [3.8, 4) is 0 Å². The van der Waals surface area contributed by atoms with Gasteiger partial charge in [0.2, 0.25) is 0 Å². The lowest BCUT2D eigenvalue weighted by molar-refractivity contribution is -0.0311. The maximum absolute atomic E-state index is 14.6. The number of halogens is 2. The van der Waals surface area contributed by atoms with Gasteiger partial charge in [-0.15, -0.1) is 0 Å². The number of amides is 1. The number of nitrogens with zero attached hydrogens (tertiary/aromatic N) is 2. The molecule has 8 heteroatoms. The Morgan fingerprint density at radius 2 is 1.87 bits per heavy atom. The van der Waals surface area contributed by atoms with E-state index >= 15 is 0 Å². The monoisotopic (exact) mass is 430 g/mol. The molecule has 31 heavy (non-hydrogen) atoms. The van der Waals surface area contributed by atoms with Crippen molar-refractivity contribution in [1.29, 1.82) is 0 Å². The lowest BCUT2D eigenvalue weighted by Crippen LogP contribution is -2.53. The van der Waals surface area contributed by atoms with Gasteiger partial charge in [0.25, 0.3) is 0 Å². The number of esters is 1. The van der Waals surface area contributed by atoms with Crippen molar-refractivity contribution >= 4 is 17.7 Å². The second-order valence-corrected chi connectivity index (χ2v) is 7.91. The number of hydrogen-bond donors (Lipinski definition) is 0. The molecule has 0 N–H and O–H groups in total. The number of carbonyl (C=O) groups excluding carboxylic acids is 2. The van der Waals surface area contributed by atoms with Crippen LogP contribution < -0.4 is 4.90 Å². The fraction of sp³-hybridized carbons (Fsp3) is 0.391. The third-order valence-corrected chi connectivity index (χ3v) is 5.98. The van der Waals surface area contributed by atoms with Crippen molar-refractivity contribution in [3.63, 3.8) is 0 Å². The first-order chi connectivity index (χ1) is 15.0. The van der Waals surface area contributed by atoms with Gasteiger partial charge in [-0.1, -0.05) is 18.2 Å². The molecule has 0 saturated carbocycles. The van der Waals surface area contributed by atoms with Crippen molar-refractivity contribution in [3.05, 3.63) is 65.2 Å². The zero-order valence-corrected chi connectivity index (χ0v) is 17.2. The highest BCUT2D eigenvalue weighted by atomic mass is 19.2. The molecular formula is C23H24F2N2O4. The van der Waals surface area contributed by atoms with Gasteiger partial charge in [0, 0.05) is 6.54 Å². The van der Waals surface area contributed by atoms with E-state index in [0.29, 0.717) is 17.7 Å². The smallest absolute Gasteiger partial charge is 0.415 e. The normalized spacial score (nSPS) is 22.1. The Hall–Kier alpha value is -3.00. The van der Waals surface area contributed by atoms with Crippen LogP contribution in [0.4, 0.5) is 19.3 Å². The van der Waals surface area contributed by atoms with Crippen LogP contribution in [0.5, 0.6) is 0 Å². The summed E-state index contributed by atoms with van der Waals surface area (Å²) in [6.07, 6.45) is 0.878. The average Bonchev–Trinajstić information content (AvgIpc) is 2.80. The summed E-state index contributed by atoms with van der Waals surface area (Å²) in [5.74, 6) is -2.44. The summed E-state index contributed by atoms with van der Waals surface area (Å²) in [5.41, 5.74) is 0.637. The molecular weight excluding hydrogens is 406 g/mol. The molecule has 0 unspecified atom stereocenters. The fourth-order valence-corrected chi connectivity index (χ4v) is 4.28. The molecule has 3 aliphatic rings. The number of methoxy groups -OCH3 is 1. The number of rotatable bonds is 5. The maximum Gasteiger partial charge on any atom is 0.415 e. The predicted molar refractivity (Wildman–Crippen MR) is 110 cm³/mol.